The van der Waals surface area contributed by atoms with Crippen molar-refractivity contribution in [2.24, 2.45) is 0 Å². The number of hydrogen-bond acceptors (Lipinski definition) is 3. The number of rotatable bonds is 2. The molecule has 0 aliphatic carbocycles. The number of hydrogen-bond donors (Lipinski definition) is 2. The molecule has 0 fully saturated rings. The van der Waals surface area contributed by atoms with Crippen molar-refractivity contribution in [2.45, 2.75) is 6.10 Å². The Morgan fingerprint density at radius 3 is 2.80 bits per heavy atom. The molecule has 0 saturated carbocycles. The van der Waals surface area contributed by atoms with Gasteiger partial charge in [0.15, 0.2) is 17.5 Å². The van der Waals surface area contributed by atoms with Crippen molar-refractivity contribution in [2.75, 3.05) is 0 Å². The number of aromatic amines is 1. The van der Waals surface area contributed by atoms with Crippen LogP contribution in [0.15, 0.2) is 24.5 Å². The standard InChI is InChI=1S/C9H7F2N3O/c10-6-3-1-2-5(7(6)11)8(15)9-12-4-13-14-9/h1-4,8,15H,(H,12,13,14). The number of aliphatic hydroxyl groups excluding tert-OH is 1. The molecule has 6 heteroatoms. The molecule has 1 aromatic heterocycles. The molecule has 1 atom stereocenters. The van der Waals surface area contributed by atoms with E-state index in [-0.39, 0.29) is 11.4 Å². The number of aromatic nitrogens is 3. The van der Waals surface area contributed by atoms with E-state index in [0.29, 0.717) is 0 Å². The molecule has 1 unspecified atom stereocenters. The van der Waals surface area contributed by atoms with Gasteiger partial charge in [-0.15, -0.1) is 0 Å². The molecule has 0 aliphatic heterocycles. The number of nitrogens with zero attached hydrogens (tertiary/aromatic N) is 2. The molecular weight excluding hydrogens is 204 g/mol. The highest BCUT2D eigenvalue weighted by Crippen LogP contribution is 2.22. The van der Waals surface area contributed by atoms with E-state index in [0.717, 1.165) is 6.07 Å². The maximum atomic E-state index is 13.2. The van der Waals surface area contributed by atoms with Gasteiger partial charge in [-0.2, -0.15) is 5.10 Å². The number of benzene rings is 1. The van der Waals surface area contributed by atoms with E-state index in [4.69, 9.17) is 0 Å². The second kappa shape index (κ2) is 3.74. The Morgan fingerprint density at radius 2 is 2.13 bits per heavy atom. The van der Waals surface area contributed by atoms with Crippen LogP contribution in [0.3, 0.4) is 0 Å². The average Bonchev–Trinajstić information content (AvgIpc) is 2.74. The van der Waals surface area contributed by atoms with Crippen LogP contribution in [0.25, 0.3) is 0 Å². The average molecular weight is 211 g/mol. The zero-order valence-electron chi connectivity index (χ0n) is 7.48. The van der Waals surface area contributed by atoms with Crippen LogP contribution in [0, 0.1) is 11.6 Å². The molecule has 0 saturated heterocycles. The van der Waals surface area contributed by atoms with Crippen molar-refractivity contribution in [3.63, 3.8) is 0 Å². The smallest absolute Gasteiger partial charge is 0.165 e. The maximum absolute atomic E-state index is 13.2. The van der Waals surface area contributed by atoms with Crippen LogP contribution in [-0.2, 0) is 0 Å². The highest BCUT2D eigenvalue weighted by Gasteiger charge is 2.19. The van der Waals surface area contributed by atoms with Crippen molar-refractivity contribution in [3.05, 3.63) is 47.5 Å². The Labute approximate surface area is 83.6 Å². The molecule has 0 aliphatic rings. The first-order valence-corrected chi connectivity index (χ1v) is 4.17. The maximum Gasteiger partial charge on any atom is 0.165 e. The first-order chi connectivity index (χ1) is 7.20. The SMILES string of the molecule is OC(c1ncn[nH]1)c1cccc(F)c1F. The predicted octanol–water partition coefficient (Wildman–Crippen LogP) is 1.16. The van der Waals surface area contributed by atoms with Gasteiger partial charge in [0.2, 0.25) is 0 Å². The fourth-order valence-corrected chi connectivity index (χ4v) is 1.23. The fourth-order valence-electron chi connectivity index (χ4n) is 1.23. The van der Waals surface area contributed by atoms with Crippen LogP contribution in [0.5, 0.6) is 0 Å². The molecule has 2 N–H and O–H groups in total. The molecule has 78 valence electrons. The van der Waals surface area contributed by atoms with Gasteiger partial charge in [0.1, 0.15) is 12.4 Å². The molecule has 2 rings (SSSR count). The Balaban J connectivity index is 2.42. The minimum atomic E-state index is -1.34. The van der Waals surface area contributed by atoms with E-state index in [1.807, 2.05) is 0 Å². The van der Waals surface area contributed by atoms with Gasteiger partial charge in [0, 0.05) is 5.56 Å². The third-order valence-corrected chi connectivity index (χ3v) is 1.97. The van der Waals surface area contributed by atoms with E-state index in [2.05, 4.69) is 15.2 Å². The number of H-pyrrole nitrogens is 1. The lowest BCUT2D eigenvalue weighted by atomic mass is 10.1. The summed E-state index contributed by atoms with van der Waals surface area (Å²) in [5.41, 5.74) is -0.174. The minimum absolute atomic E-state index is 0.0690. The zero-order chi connectivity index (χ0) is 10.8. The third-order valence-electron chi connectivity index (χ3n) is 1.97. The Hall–Kier alpha value is -1.82. The number of aliphatic hydroxyl groups is 1. The Kier molecular flexibility index (Phi) is 2.42. The topological polar surface area (TPSA) is 61.8 Å². The van der Waals surface area contributed by atoms with Crippen LogP contribution in [0.1, 0.15) is 17.5 Å². The van der Waals surface area contributed by atoms with Crippen molar-refractivity contribution in [1.82, 2.24) is 15.2 Å². The van der Waals surface area contributed by atoms with Crippen molar-refractivity contribution in [3.8, 4) is 0 Å². The molecule has 15 heavy (non-hydrogen) atoms. The van der Waals surface area contributed by atoms with E-state index >= 15 is 0 Å². The van der Waals surface area contributed by atoms with Crippen LogP contribution < -0.4 is 0 Å². The minimum Gasteiger partial charge on any atom is -0.380 e. The van der Waals surface area contributed by atoms with Crippen LogP contribution in [0.2, 0.25) is 0 Å². The lowest BCUT2D eigenvalue weighted by Crippen LogP contribution is -2.05. The van der Waals surface area contributed by atoms with Gasteiger partial charge < -0.3 is 5.11 Å². The largest absolute Gasteiger partial charge is 0.380 e. The van der Waals surface area contributed by atoms with Crippen molar-refractivity contribution >= 4 is 0 Å². The molecule has 0 radical (unpaired) electrons. The monoisotopic (exact) mass is 211 g/mol. The Morgan fingerprint density at radius 1 is 1.33 bits per heavy atom. The van der Waals surface area contributed by atoms with Crippen molar-refractivity contribution < 1.29 is 13.9 Å². The molecule has 2 aromatic rings. The summed E-state index contributed by atoms with van der Waals surface area (Å²) in [6.07, 6.45) is -0.168. The highest BCUT2D eigenvalue weighted by atomic mass is 19.2. The first-order valence-electron chi connectivity index (χ1n) is 4.17. The van der Waals surface area contributed by atoms with E-state index < -0.39 is 17.7 Å². The summed E-state index contributed by atoms with van der Waals surface area (Å²) in [5.74, 6) is -2.02. The van der Waals surface area contributed by atoms with Crippen LogP contribution >= 0.6 is 0 Å². The molecule has 4 nitrogen and oxygen atoms in total. The fraction of sp³-hybridized carbons (Fsp3) is 0.111. The van der Waals surface area contributed by atoms with Gasteiger partial charge in [-0.25, -0.2) is 13.8 Å². The lowest BCUT2D eigenvalue weighted by molar-refractivity contribution is 0.203. The molecule has 1 aromatic carbocycles. The van der Waals surface area contributed by atoms with E-state index in [1.165, 1.54) is 18.5 Å². The van der Waals surface area contributed by atoms with Gasteiger partial charge >= 0.3 is 0 Å². The first kappa shape index (κ1) is 9.72. The second-order valence-electron chi connectivity index (χ2n) is 2.92. The predicted molar refractivity (Wildman–Crippen MR) is 46.8 cm³/mol. The van der Waals surface area contributed by atoms with Gasteiger partial charge in [0.05, 0.1) is 0 Å². The summed E-state index contributed by atoms with van der Waals surface area (Å²) in [6, 6.07) is 3.57. The quantitative estimate of drug-likeness (QED) is 0.783. The summed E-state index contributed by atoms with van der Waals surface area (Å²) >= 11 is 0. The van der Waals surface area contributed by atoms with Crippen LogP contribution in [0.4, 0.5) is 8.78 Å². The molecule has 0 amide bonds. The number of halogens is 2. The molecule has 0 bridgehead atoms. The van der Waals surface area contributed by atoms with Crippen LogP contribution in [-0.4, -0.2) is 20.3 Å². The summed E-state index contributed by atoms with van der Waals surface area (Å²) in [7, 11) is 0. The summed E-state index contributed by atoms with van der Waals surface area (Å²) in [4.78, 5) is 3.66. The zero-order valence-corrected chi connectivity index (χ0v) is 7.48. The summed E-state index contributed by atoms with van der Waals surface area (Å²) < 4.78 is 26.1. The molecule has 0 spiro atoms. The highest BCUT2D eigenvalue weighted by molar-refractivity contribution is 5.25. The summed E-state index contributed by atoms with van der Waals surface area (Å²) in [6.45, 7) is 0. The second-order valence-corrected chi connectivity index (χ2v) is 2.92. The lowest BCUT2D eigenvalue weighted by Gasteiger charge is -2.08. The van der Waals surface area contributed by atoms with Crippen molar-refractivity contribution in [1.29, 1.82) is 0 Å². The van der Waals surface area contributed by atoms with E-state index in [9.17, 15) is 13.9 Å². The van der Waals surface area contributed by atoms with Gasteiger partial charge in [-0.3, -0.25) is 5.10 Å². The third kappa shape index (κ3) is 1.71. The Bertz CT molecular complexity index is 458. The molecule has 1 heterocycles. The van der Waals surface area contributed by atoms with Gasteiger partial charge in [-0.05, 0) is 6.07 Å². The van der Waals surface area contributed by atoms with Gasteiger partial charge in [-0.1, -0.05) is 12.1 Å². The normalized spacial score (nSPS) is 12.7. The van der Waals surface area contributed by atoms with Gasteiger partial charge in [0.25, 0.3) is 0 Å². The number of nitrogens with one attached hydrogen (secondary N) is 1. The van der Waals surface area contributed by atoms with E-state index in [1.54, 1.807) is 0 Å². The molecular formula is C9H7F2N3O. The summed E-state index contributed by atoms with van der Waals surface area (Å²) in [5, 5.41) is 15.5.